The zero-order chi connectivity index (χ0) is 25.4. The van der Waals surface area contributed by atoms with Gasteiger partial charge in [0, 0.05) is 29.3 Å². The molecule has 1 aromatic heterocycles. The molecule has 5 nitrogen and oxygen atoms in total. The van der Waals surface area contributed by atoms with Crippen LogP contribution in [0.3, 0.4) is 0 Å². The minimum absolute atomic E-state index is 0.159. The van der Waals surface area contributed by atoms with Gasteiger partial charge in [-0.25, -0.2) is 0 Å². The first-order chi connectivity index (χ1) is 18.1. The molecule has 0 unspecified atom stereocenters. The van der Waals surface area contributed by atoms with E-state index in [0.717, 1.165) is 36.4 Å². The second-order valence-corrected chi connectivity index (χ2v) is 10.7. The van der Waals surface area contributed by atoms with Gasteiger partial charge in [0.1, 0.15) is 11.2 Å². The monoisotopic (exact) mass is 508 g/mol. The van der Waals surface area contributed by atoms with Crippen molar-refractivity contribution < 1.29 is 14.5 Å². The number of benzene rings is 3. The lowest BCUT2D eigenvalue weighted by molar-refractivity contribution is -0.553. The number of pyridine rings is 1. The maximum absolute atomic E-state index is 11.2. The van der Waals surface area contributed by atoms with Gasteiger partial charge in [-0.1, -0.05) is 60.3 Å². The van der Waals surface area contributed by atoms with E-state index in [2.05, 4.69) is 100 Å². The van der Waals surface area contributed by atoms with E-state index >= 15 is 0 Å². The molecule has 186 valence electrons. The fourth-order valence-electron chi connectivity index (χ4n) is 5.47. The van der Waals surface area contributed by atoms with E-state index < -0.39 is 5.97 Å². The molecule has 2 aliphatic rings. The Kier molecular flexibility index (Phi) is 6.35. The molecule has 0 saturated carbocycles. The Balaban J connectivity index is 1.50. The lowest BCUT2D eigenvalue weighted by Gasteiger charge is -2.27. The van der Waals surface area contributed by atoms with Crippen LogP contribution >= 0.6 is 11.8 Å². The Hall–Kier alpha value is -3.77. The van der Waals surface area contributed by atoms with E-state index in [0.29, 0.717) is 13.0 Å². The summed E-state index contributed by atoms with van der Waals surface area (Å²) in [6.07, 6.45) is 5.39. The van der Waals surface area contributed by atoms with E-state index in [4.69, 9.17) is 0 Å². The number of rotatable bonds is 7. The van der Waals surface area contributed by atoms with Crippen LogP contribution in [-0.2, 0) is 11.2 Å². The molecule has 1 N–H and O–H groups in total. The van der Waals surface area contributed by atoms with Gasteiger partial charge in [-0.15, -0.1) is 0 Å². The first-order valence-electron chi connectivity index (χ1n) is 12.9. The highest BCUT2D eigenvalue weighted by Crippen LogP contribution is 2.50. The van der Waals surface area contributed by atoms with E-state index in [9.17, 15) is 9.90 Å². The standard InChI is InChI=1S/C31H29N3O2S/c1-32(18-9-17-30(35)36)28-20-23(21-29-33-19-8-11-22-10-7-16-27(37-29)31(22)33)25-14-5-6-15-26(25)34(28)24-12-3-2-4-13-24/h2-7,10,12-16,20-21H,8-9,11,17-19H2,1H3/p+1. The van der Waals surface area contributed by atoms with Gasteiger partial charge >= 0.3 is 5.97 Å². The number of carboxylic acids is 1. The van der Waals surface area contributed by atoms with Crippen molar-refractivity contribution in [3.8, 4) is 5.69 Å². The zero-order valence-electron chi connectivity index (χ0n) is 20.9. The van der Waals surface area contributed by atoms with Crippen LogP contribution in [0.4, 0.5) is 11.5 Å². The predicted molar refractivity (Wildman–Crippen MR) is 152 cm³/mol. The van der Waals surface area contributed by atoms with Gasteiger partial charge in [0.25, 0.3) is 5.82 Å². The Morgan fingerprint density at radius 2 is 1.89 bits per heavy atom. The van der Waals surface area contributed by atoms with Crippen LogP contribution in [0, 0.1) is 0 Å². The molecule has 2 aliphatic heterocycles. The van der Waals surface area contributed by atoms with Crippen molar-refractivity contribution in [2.24, 2.45) is 0 Å². The summed E-state index contributed by atoms with van der Waals surface area (Å²) in [6, 6.07) is 27.9. The average Bonchev–Trinajstić information content (AvgIpc) is 3.27. The molecule has 6 heteroatoms. The SMILES string of the molecule is CN(CCCC(=O)O)c1cc(C=C2Sc3cccc4c3N2CCC4)c2ccccc2[n+]1-c1ccccc1. The molecule has 3 heterocycles. The molecule has 0 radical (unpaired) electrons. The Bertz CT molecular complexity index is 1520. The maximum Gasteiger partial charge on any atom is 0.303 e. The van der Waals surface area contributed by atoms with Gasteiger partial charge in [0.2, 0.25) is 0 Å². The minimum atomic E-state index is -0.757. The summed E-state index contributed by atoms with van der Waals surface area (Å²) in [5.41, 5.74) is 6.21. The normalized spacial score (nSPS) is 15.3. The number of aliphatic carboxylic acids is 1. The van der Waals surface area contributed by atoms with E-state index in [1.807, 2.05) is 17.8 Å². The molecule has 0 fully saturated rings. The number of anilines is 2. The lowest BCUT2D eigenvalue weighted by Crippen LogP contribution is -2.40. The lowest BCUT2D eigenvalue weighted by atomic mass is 10.0. The van der Waals surface area contributed by atoms with Crippen LogP contribution in [0.5, 0.6) is 0 Å². The van der Waals surface area contributed by atoms with E-state index in [1.165, 1.54) is 32.1 Å². The minimum Gasteiger partial charge on any atom is -0.481 e. The molecule has 0 aliphatic carbocycles. The quantitative estimate of drug-likeness (QED) is 0.298. The molecule has 0 amide bonds. The number of hydrogen-bond donors (Lipinski definition) is 1. The number of carboxylic acid groups (broad SMARTS) is 1. The Morgan fingerprint density at radius 1 is 1.08 bits per heavy atom. The van der Waals surface area contributed by atoms with Crippen LogP contribution < -0.4 is 14.4 Å². The van der Waals surface area contributed by atoms with Gasteiger partial charge in [-0.2, -0.15) is 4.57 Å². The van der Waals surface area contributed by atoms with Crippen molar-refractivity contribution in [1.29, 1.82) is 0 Å². The van der Waals surface area contributed by atoms with Crippen molar-refractivity contribution in [2.45, 2.75) is 30.6 Å². The fourth-order valence-corrected chi connectivity index (χ4v) is 6.66. The van der Waals surface area contributed by atoms with Crippen molar-refractivity contribution in [2.75, 3.05) is 29.9 Å². The summed E-state index contributed by atoms with van der Waals surface area (Å²) in [4.78, 5) is 17.2. The van der Waals surface area contributed by atoms with Crippen LogP contribution in [0.1, 0.15) is 30.4 Å². The highest BCUT2D eigenvalue weighted by Gasteiger charge is 2.31. The van der Waals surface area contributed by atoms with Crippen LogP contribution in [0.15, 0.2) is 88.8 Å². The highest BCUT2D eigenvalue weighted by molar-refractivity contribution is 8.03. The van der Waals surface area contributed by atoms with Crippen LogP contribution in [-0.4, -0.2) is 31.2 Å². The molecule has 0 atom stereocenters. The number of aryl methyl sites for hydroxylation is 1. The fraction of sp³-hybridized carbons (Fsp3) is 0.226. The van der Waals surface area contributed by atoms with E-state index in [-0.39, 0.29) is 6.42 Å². The summed E-state index contributed by atoms with van der Waals surface area (Å²) in [5, 5.41) is 11.6. The van der Waals surface area contributed by atoms with Gasteiger partial charge in [0.05, 0.1) is 24.3 Å². The molecular formula is C31H30N3O2S+. The summed E-state index contributed by atoms with van der Waals surface area (Å²) in [5.74, 6) is 0.286. The molecule has 37 heavy (non-hydrogen) atoms. The smallest absolute Gasteiger partial charge is 0.303 e. The molecule has 0 bridgehead atoms. The summed E-state index contributed by atoms with van der Waals surface area (Å²) in [6.45, 7) is 1.70. The third-order valence-electron chi connectivity index (χ3n) is 7.20. The first kappa shape index (κ1) is 23.6. The van der Waals surface area contributed by atoms with Crippen LogP contribution in [0.2, 0.25) is 0 Å². The van der Waals surface area contributed by atoms with Crippen molar-refractivity contribution >= 4 is 46.2 Å². The first-order valence-corrected chi connectivity index (χ1v) is 13.7. The number of fused-ring (bicyclic) bond motifs is 1. The molecule has 4 aromatic rings. The highest BCUT2D eigenvalue weighted by atomic mass is 32.2. The van der Waals surface area contributed by atoms with Crippen molar-refractivity contribution in [1.82, 2.24) is 0 Å². The topological polar surface area (TPSA) is 47.7 Å². The second kappa shape index (κ2) is 9.94. The summed E-state index contributed by atoms with van der Waals surface area (Å²) < 4.78 is 2.29. The summed E-state index contributed by atoms with van der Waals surface area (Å²) in [7, 11) is 2.05. The number of carbonyl (C=O) groups is 1. The van der Waals surface area contributed by atoms with Crippen LogP contribution in [0.25, 0.3) is 22.7 Å². The molecule has 6 rings (SSSR count). The summed E-state index contributed by atoms with van der Waals surface area (Å²) >= 11 is 1.86. The van der Waals surface area contributed by atoms with E-state index in [1.54, 1.807) is 0 Å². The molecule has 0 spiro atoms. The van der Waals surface area contributed by atoms with Crippen molar-refractivity contribution in [3.63, 3.8) is 0 Å². The predicted octanol–water partition coefficient (Wildman–Crippen LogP) is 6.27. The second-order valence-electron chi connectivity index (χ2n) is 9.67. The molecular weight excluding hydrogens is 478 g/mol. The Labute approximate surface area is 221 Å². The van der Waals surface area contributed by atoms with Gasteiger partial charge in [-0.05, 0) is 60.7 Å². The maximum atomic E-state index is 11.2. The largest absolute Gasteiger partial charge is 0.481 e. The van der Waals surface area contributed by atoms with Crippen molar-refractivity contribution in [3.05, 3.63) is 95.0 Å². The third-order valence-corrected chi connectivity index (χ3v) is 8.30. The number of aromatic nitrogens is 1. The number of hydrogen-bond acceptors (Lipinski definition) is 4. The number of nitrogens with zero attached hydrogens (tertiary/aromatic N) is 3. The molecule has 3 aromatic carbocycles. The Morgan fingerprint density at radius 3 is 2.73 bits per heavy atom. The average molecular weight is 509 g/mol. The number of para-hydroxylation sites is 3. The van der Waals surface area contributed by atoms with Gasteiger partial charge in [0.15, 0.2) is 0 Å². The zero-order valence-corrected chi connectivity index (χ0v) is 21.7. The van der Waals surface area contributed by atoms with Gasteiger partial charge < -0.3 is 10.0 Å². The van der Waals surface area contributed by atoms with Gasteiger partial charge in [-0.3, -0.25) is 9.69 Å². The third kappa shape index (κ3) is 4.46. The number of thioether (sulfide) groups is 1. The molecule has 0 saturated heterocycles.